The number of carbonyl (C=O) groups excluding carboxylic acids is 1. The molecule has 1 aliphatic rings. The predicted octanol–water partition coefficient (Wildman–Crippen LogP) is -1.55. The van der Waals surface area contributed by atoms with Gasteiger partial charge < -0.3 is 25.0 Å². The molecule has 0 aromatic rings. The zero-order chi connectivity index (χ0) is 9.84. The fourth-order valence-corrected chi connectivity index (χ4v) is 1.44. The molecular weight excluding hydrogens is 190 g/mol. The molecule has 1 rings (SSSR count). The largest absolute Gasteiger partial charge is 0.530 e. The Morgan fingerprint density at radius 3 is 2.38 bits per heavy atom. The maximum Gasteiger partial charge on any atom is 0.174 e. The van der Waals surface area contributed by atoms with Gasteiger partial charge in [-0.3, -0.25) is 0 Å². The number of amides is 1. The summed E-state index contributed by atoms with van der Waals surface area (Å²) in [5.41, 5.74) is 0. The molecule has 1 N–H and O–H groups in total. The molecular formula is C7H12N3O2S-. The first-order chi connectivity index (χ1) is 6.09. The Morgan fingerprint density at radius 2 is 1.92 bits per heavy atom. The summed E-state index contributed by atoms with van der Waals surface area (Å²) in [4.78, 5) is 14.2. The van der Waals surface area contributed by atoms with Gasteiger partial charge in [-0.2, -0.15) is 0 Å². The number of hydrogen-bond donors (Lipinski definition) is 1. The highest BCUT2D eigenvalue weighted by Gasteiger charge is 2.15. The first-order valence-corrected chi connectivity index (χ1v) is 4.46. The number of carboxylic acid groups (broad SMARTS) is 1. The average Bonchev–Trinajstić information content (AvgIpc) is 2.04. The molecule has 0 spiro atoms. The van der Waals surface area contributed by atoms with E-state index in [9.17, 15) is 9.90 Å². The molecule has 1 fully saturated rings. The van der Waals surface area contributed by atoms with Crippen LogP contribution in [0, 0.1) is 0 Å². The molecule has 1 saturated heterocycles. The first kappa shape index (κ1) is 10.2. The van der Waals surface area contributed by atoms with Crippen LogP contribution in [0.1, 0.15) is 0 Å². The van der Waals surface area contributed by atoms with Crippen molar-refractivity contribution in [2.45, 2.75) is 0 Å². The SMILES string of the molecule is CN1CCN(C(=S)NC(=O)[O-])CC1. The van der Waals surface area contributed by atoms with Crippen molar-refractivity contribution < 1.29 is 9.90 Å². The minimum atomic E-state index is -1.34. The lowest BCUT2D eigenvalue weighted by atomic mass is 10.3. The molecule has 0 radical (unpaired) electrons. The molecule has 5 nitrogen and oxygen atoms in total. The third-order valence-corrected chi connectivity index (χ3v) is 2.36. The molecule has 6 heteroatoms. The van der Waals surface area contributed by atoms with Gasteiger partial charge in [0.1, 0.15) is 6.09 Å². The molecule has 0 aliphatic carbocycles. The Balaban J connectivity index is 2.36. The second-order valence-electron chi connectivity index (χ2n) is 3.01. The van der Waals surface area contributed by atoms with Crippen LogP contribution >= 0.6 is 12.2 Å². The Morgan fingerprint density at radius 1 is 1.38 bits per heavy atom. The number of nitrogens with one attached hydrogen (secondary N) is 1. The summed E-state index contributed by atoms with van der Waals surface area (Å²) in [7, 11) is 2.02. The lowest BCUT2D eigenvalue weighted by Crippen LogP contribution is -2.53. The van der Waals surface area contributed by atoms with Gasteiger partial charge in [-0.05, 0) is 19.3 Å². The average molecular weight is 202 g/mol. The van der Waals surface area contributed by atoms with Crippen LogP contribution in [0.4, 0.5) is 4.79 Å². The molecule has 0 unspecified atom stereocenters. The summed E-state index contributed by atoms with van der Waals surface area (Å²) in [6.45, 7) is 3.31. The molecule has 1 aliphatic heterocycles. The zero-order valence-corrected chi connectivity index (χ0v) is 8.26. The van der Waals surface area contributed by atoms with Crippen molar-refractivity contribution in [1.82, 2.24) is 15.1 Å². The number of hydrogen-bond acceptors (Lipinski definition) is 4. The number of likely N-dealkylation sites (N-methyl/N-ethyl adjacent to an activating group) is 1. The Hall–Kier alpha value is -0.880. The minimum absolute atomic E-state index is 0.244. The maximum absolute atomic E-state index is 10.2. The van der Waals surface area contributed by atoms with E-state index in [0.29, 0.717) is 0 Å². The summed E-state index contributed by atoms with van der Waals surface area (Å²) in [6.07, 6.45) is -1.34. The monoisotopic (exact) mass is 202 g/mol. The molecule has 0 aromatic carbocycles. The van der Waals surface area contributed by atoms with Gasteiger partial charge in [-0.25, -0.2) is 0 Å². The number of carbonyl (C=O) groups is 1. The quantitative estimate of drug-likeness (QED) is 0.482. The zero-order valence-electron chi connectivity index (χ0n) is 7.45. The Bertz CT molecular complexity index is 214. The van der Waals surface area contributed by atoms with Crippen LogP contribution < -0.4 is 10.4 Å². The van der Waals surface area contributed by atoms with Crippen molar-refractivity contribution in [3.8, 4) is 0 Å². The van der Waals surface area contributed by atoms with Crippen molar-refractivity contribution in [3.63, 3.8) is 0 Å². The topological polar surface area (TPSA) is 58.6 Å². The van der Waals surface area contributed by atoms with Crippen LogP contribution in [0.3, 0.4) is 0 Å². The molecule has 1 heterocycles. The number of thiocarbonyl (C=S) groups is 1. The van der Waals surface area contributed by atoms with Crippen molar-refractivity contribution in [2.75, 3.05) is 33.2 Å². The van der Waals surface area contributed by atoms with Crippen LogP contribution in [0.25, 0.3) is 0 Å². The number of piperazine rings is 1. The third kappa shape index (κ3) is 3.16. The second-order valence-corrected chi connectivity index (χ2v) is 3.39. The number of rotatable bonds is 0. The van der Waals surface area contributed by atoms with Gasteiger partial charge >= 0.3 is 0 Å². The Kier molecular flexibility index (Phi) is 3.44. The van der Waals surface area contributed by atoms with Crippen LogP contribution in [-0.4, -0.2) is 54.2 Å². The number of nitrogens with zero attached hydrogens (tertiary/aromatic N) is 2. The molecule has 13 heavy (non-hydrogen) atoms. The van der Waals surface area contributed by atoms with E-state index in [2.05, 4.69) is 10.2 Å². The summed E-state index contributed by atoms with van der Waals surface area (Å²) in [5.74, 6) is 0. The van der Waals surface area contributed by atoms with E-state index >= 15 is 0 Å². The highest BCUT2D eigenvalue weighted by Crippen LogP contribution is 1.98. The van der Waals surface area contributed by atoms with Crippen molar-refractivity contribution in [1.29, 1.82) is 0 Å². The summed E-state index contributed by atoms with van der Waals surface area (Å²) < 4.78 is 0. The maximum atomic E-state index is 10.2. The third-order valence-electron chi connectivity index (χ3n) is 2.00. The first-order valence-electron chi connectivity index (χ1n) is 4.05. The van der Waals surface area contributed by atoms with Crippen LogP contribution in [0.2, 0.25) is 0 Å². The highest BCUT2D eigenvalue weighted by molar-refractivity contribution is 7.80. The van der Waals surface area contributed by atoms with Gasteiger partial charge in [0.25, 0.3) is 0 Å². The van der Waals surface area contributed by atoms with Crippen LogP contribution in [-0.2, 0) is 0 Å². The fourth-order valence-electron chi connectivity index (χ4n) is 1.18. The summed E-state index contributed by atoms with van der Waals surface area (Å²) in [5, 5.41) is 12.5. The Labute approximate surface area is 82.3 Å². The minimum Gasteiger partial charge on any atom is -0.530 e. The van der Waals surface area contributed by atoms with E-state index in [-0.39, 0.29) is 5.11 Å². The molecule has 74 valence electrons. The van der Waals surface area contributed by atoms with Gasteiger partial charge in [0, 0.05) is 26.2 Å². The van der Waals surface area contributed by atoms with Gasteiger partial charge in [-0.1, -0.05) is 0 Å². The van der Waals surface area contributed by atoms with Crippen molar-refractivity contribution >= 4 is 23.4 Å². The van der Waals surface area contributed by atoms with Crippen molar-refractivity contribution in [2.24, 2.45) is 0 Å². The van der Waals surface area contributed by atoms with Crippen LogP contribution in [0.15, 0.2) is 0 Å². The predicted molar refractivity (Wildman–Crippen MR) is 50.2 cm³/mol. The molecule has 1 amide bonds. The molecule has 0 bridgehead atoms. The van der Waals surface area contributed by atoms with Crippen molar-refractivity contribution in [3.05, 3.63) is 0 Å². The van der Waals surface area contributed by atoms with E-state index in [1.807, 2.05) is 11.9 Å². The smallest absolute Gasteiger partial charge is 0.174 e. The summed E-state index contributed by atoms with van der Waals surface area (Å²) >= 11 is 4.86. The molecule has 0 aromatic heterocycles. The van der Waals surface area contributed by atoms with E-state index in [1.165, 1.54) is 0 Å². The standard InChI is InChI=1S/C7H13N3O2S/c1-9-2-4-10(5-3-9)6(13)8-7(11)12/h2-5H2,1H3,(H,8,13)(H,11,12)/p-1. The second kappa shape index (κ2) is 4.38. The molecule has 0 saturated carbocycles. The highest BCUT2D eigenvalue weighted by atomic mass is 32.1. The van der Waals surface area contributed by atoms with E-state index in [4.69, 9.17) is 12.2 Å². The van der Waals surface area contributed by atoms with E-state index in [1.54, 1.807) is 0 Å². The van der Waals surface area contributed by atoms with Crippen LogP contribution in [0.5, 0.6) is 0 Å². The fraction of sp³-hybridized carbons (Fsp3) is 0.714. The lowest BCUT2D eigenvalue weighted by Gasteiger charge is -2.34. The normalized spacial score (nSPS) is 18.4. The van der Waals surface area contributed by atoms with E-state index in [0.717, 1.165) is 26.2 Å². The van der Waals surface area contributed by atoms with Gasteiger partial charge in [0.2, 0.25) is 0 Å². The molecule has 0 atom stereocenters. The van der Waals surface area contributed by atoms with Gasteiger partial charge in [0.15, 0.2) is 5.11 Å². The summed E-state index contributed by atoms with van der Waals surface area (Å²) in [6, 6.07) is 0. The van der Waals surface area contributed by atoms with Gasteiger partial charge in [0.05, 0.1) is 0 Å². The van der Waals surface area contributed by atoms with E-state index < -0.39 is 6.09 Å². The lowest BCUT2D eigenvalue weighted by molar-refractivity contribution is -0.248. The van der Waals surface area contributed by atoms with Gasteiger partial charge in [-0.15, -0.1) is 0 Å².